The third kappa shape index (κ3) is 5.55. The maximum absolute atomic E-state index is 9.44. The average molecular weight is 503 g/mol. The number of hydrogen-bond acceptors (Lipinski definition) is 5. The van der Waals surface area contributed by atoms with E-state index in [1.807, 2.05) is 0 Å². The maximum Gasteiger partial charge on any atom is 0.210 e. The summed E-state index contributed by atoms with van der Waals surface area (Å²) in [7, 11) is 1.73. The number of aliphatic hydroxyl groups excluding tert-OH is 1. The van der Waals surface area contributed by atoms with Crippen molar-refractivity contribution in [1.82, 2.24) is 10.2 Å². The number of methoxy groups -OCH3 is 1. The second kappa shape index (κ2) is 11.7. The first-order valence-corrected chi connectivity index (χ1v) is 14.0. The number of allylic oxidation sites excluding steroid dienone is 1. The normalized spacial score (nSPS) is 22.8. The van der Waals surface area contributed by atoms with Crippen LogP contribution in [0.3, 0.4) is 0 Å². The number of piperazine rings is 1. The van der Waals surface area contributed by atoms with Gasteiger partial charge < -0.3 is 25.0 Å². The van der Waals surface area contributed by atoms with Gasteiger partial charge in [-0.15, -0.1) is 0 Å². The Hall–Kier alpha value is -2.83. The van der Waals surface area contributed by atoms with Crippen molar-refractivity contribution in [1.29, 1.82) is 0 Å². The highest BCUT2D eigenvalue weighted by molar-refractivity contribution is 6.01. The summed E-state index contributed by atoms with van der Waals surface area (Å²) in [6, 6.07) is 14.3. The van der Waals surface area contributed by atoms with Crippen LogP contribution in [0.5, 0.6) is 0 Å². The third-order valence-electron chi connectivity index (χ3n) is 8.08. The Morgan fingerprint density at radius 1 is 1.16 bits per heavy atom. The molecule has 0 saturated carbocycles. The predicted molar refractivity (Wildman–Crippen MR) is 153 cm³/mol. The minimum Gasteiger partial charge on any atom is -0.481 e. The quantitative estimate of drug-likeness (QED) is 0.301. The van der Waals surface area contributed by atoms with E-state index in [0.29, 0.717) is 18.0 Å². The summed E-state index contributed by atoms with van der Waals surface area (Å²) in [6.07, 6.45) is 8.12. The Morgan fingerprint density at radius 3 is 2.59 bits per heavy atom. The molecule has 0 radical (unpaired) electrons. The molecule has 6 nitrogen and oxygen atoms in total. The molecule has 3 heterocycles. The van der Waals surface area contributed by atoms with Crippen molar-refractivity contribution in [3.8, 4) is 0 Å². The fraction of sp³-hybridized carbons (Fsp3) is 0.516. The van der Waals surface area contributed by atoms with E-state index in [2.05, 4.69) is 71.4 Å². The molecule has 6 heteroatoms. The summed E-state index contributed by atoms with van der Waals surface area (Å²) in [5, 5.41) is 15.8. The van der Waals surface area contributed by atoms with E-state index in [-0.39, 0.29) is 6.61 Å². The van der Waals surface area contributed by atoms with Gasteiger partial charge in [0.15, 0.2) is 0 Å². The van der Waals surface area contributed by atoms with Gasteiger partial charge >= 0.3 is 0 Å². The van der Waals surface area contributed by atoms with Gasteiger partial charge in [-0.3, -0.25) is 0 Å². The van der Waals surface area contributed by atoms with E-state index in [9.17, 15) is 5.11 Å². The van der Waals surface area contributed by atoms with Crippen LogP contribution < -0.4 is 10.2 Å². The monoisotopic (exact) mass is 502 g/mol. The van der Waals surface area contributed by atoms with Crippen molar-refractivity contribution in [2.45, 2.75) is 64.5 Å². The first-order valence-electron chi connectivity index (χ1n) is 14.0. The van der Waals surface area contributed by atoms with Crippen molar-refractivity contribution in [3.63, 3.8) is 0 Å². The summed E-state index contributed by atoms with van der Waals surface area (Å²) in [5.41, 5.74) is 5.37. The number of benzene rings is 2. The van der Waals surface area contributed by atoms with Crippen LogP contribution in [0, 0.1) is 0 Å². The van der Waals surface area contributed by atoms with Gasteiger partial charge in [-0.1, -0.05) is 37.3 Å². The minimum atomic E-state index is 0.221. The fourth-order valence-corrected chi connectivity index (χ4v) is 6.32. The van der Waals surface area contributed by atoms with Gasteiger partial charge in [0.05, 0.1) is 7.11 Å². The Balaban J connectivity index is 1.48. The van der Waals surface area contributed by atoms with Crippen LogP contribution in [-0.2, 0) is 11.2 Å². The number of anilines is 1. The van der Waals surface area contributed by atoms with Gasteiger partial charge in [0.1, 0.15) is 5.84 Å². The number of aliphatic hydroxyl groups is 1. The molecule has 2 aromatic carbocycles. The summed E-state index contributed by atoms with van der Waals surface area (Å²) in [6.45, 7) is 8.49. The Morgan fingerprint density at radius 2 is 1.92 bits per heavy atom. The number of amidine groups is 1. The maximum atomic E-state index is 9.44. The zero-order valence-corrected chi connectivity index (χ0v) is 22.7. The molecule has 0 spiro atoms. The van der Waals surface area contributed by atoms with Crippen molar-refractivity contribution in [3.05, 3.63) is 65.1 Å². The molecular formula is C31H42N4O2. The summed E-state index contributed by atoms with van der Waals surface area (Å²) >= 11 is 0. The number of rotatable bonds is 8. The Kier molecular flexibility index (Phi) is 8.16. The van der Waals surface area contributed by atoms with Crippen molar-refractivity contribution >= 4 is 22.3 Å². The molecule has 2 fully saturated rings. The van der Waals surface area contributed by atoms with Crippen LogP contribution in [-0.4, -0.2) is 67.8 Å². The summed E-state index contributed by atoms with van der Waals surface area (Å²) in [4.78, 5) is 10.2. The van der Waals surface area contributed by atoms with E-state index in [4.69, 9.17) is 9.73 Å². The lowest BCUT2D eigenvalue weighted by Crippen LogP contribution is -2.54. The smallest absolute Gasteiger partial charge is 0.210 e. The fourth-order valence-electron chi connectivity index (χ4n) is 6.32. The third-order valence-corrected chi connectivity index (χ3v) is 8.08. The number of ether oxygens (including phenoxy) is 1. The predicted octanol–water partition coefficient (Wildman–Crippen LogP) is 5.02. The SMILES string of the molecule is CC/C=C(/N=C(\C1=C(C)CN(c2cccc3cccc(CCCO)c23)CC1)N1CC2CCC(C1)N2)OC. The highest BCUT2D eigenvalue weighted by Crippen LogP contribution is 2.34. The molecule has 0 amide bonds. The zero-order chi connectivity index (χ0) is 25.8. The molecule has 0 aromatic heterocycles. The van der Waals surface area contributed by atoms with Crippen LogP contribution in [0.4, 0.5) is 5.69 Å². The van der Waals surface area contributed by atoms with Crippen LogP contribution in [0.1, 0.15) is 51.5 Å². The van der Waals surface area contributed by atoms with E-state index in [1.165, 1.54) is 46.0 Å². The van der Waals surface area contributed by atoms with Crippen LogP contribution in [0.25, 0.3) is 10.8 Å². The molecule has 0 aliphatic carbocycles. The molecule has 5 rings (SSSR count). The van der Waals surface area contributed by atoms with E-state index in [0.717, 1.165) is 57.7 Å². The van der Waals surface area contributed by atoms with Gasteiger partial charge in [-0.2, -0.15) is 4.99 Å². The van der Waals surface area contributed by atoms with Crippen LogP contribution in [0.2, 0.25) is 0 Å². The molecule has 2 atom stereocenters. The number of aryl methyl sites for hydroxylation is 1. The number of fused-ring (bicyclic) bond motifs is 3. The van der Waals surface area contributed by atoms with Gasteiger partial charge in [0.25, 0.3) is 0 Å². The first-order chi connectivity index (χ1) is 18.1. The average Bonchev–Trinajstić information content (AvgIpc) is 3.26. The molecule has 2 unspecified atom stereocenters. The second-order valence-electron chi connectivity index (χ2n) is 10.7. The van der Waals surface area contributed by atoms with E-state index >= 15 is 0 Å². The number of nitrogens with zero attached hydrogens (tertiary/aromatic N) is 3. The van der Waals surface area contributed by atoms with Crippen molar-refractivity contribution in [2.75, 3.05) is 44.8 Å². The number of hydrogen-bond donors (Lipinski definition) is 2. The minimum absolute atomic E-state index is 0.221. The second-order valence-corrected chi connectivity index (χ2v) is 10.7. The Bertz CT molecular complexity index is 1180. The van der Waals surface area contributed by atoms with Crippen LogP contribution >= 0.6 is 0 Å². The first kappa shape index (κ1) is 25.8. The summed E-state index contributed by atoms with van der Waals surface area (Å²) in [5.74, 6) is 1.83. The molecule has 2 N–H and O–H groups in total. The van der Waals surface area contributed by atoms with Gasteiger partial charge in [-0.25, -0.2) is 0 Å². The standard InChI is InChI=1S/C31H42N4O2/c1-4-8-29(37-3)33-31(35-20-25-14-15-26(21-35)32-25)27-16-17-34(19-22(27)2)28-13-6-11-23-9-5-10-24(30(23)28)12-7-18-36/h5-6,8-11,13,25-26,32,36H,4,7,12,14-21H2,1-3H3/b29-8-,33-31+. The number of likely N-dealkylation sites (tertiary alicyclic amines) is 1. The largest absolute Gasteiger partial charge is 0.481 e. The molecule has 2 saturated heterocycles. The number of aliphatic imine (C=N–C) groups is 1. The molecule has 37 heavy (non-hydrogen) atoms. The number of nitrogens with one attached hydrogen (secondary N) is 1. The molecule has 2 bridgehead atoms. The van der Waals surface area contributed by atoms with Gasteiger partial charge in [0, 0.05) is 55.9 Å². The zero-order valence-electron chi connectivity index (χ0n) is 22.7. The molecular weight excluding hydrogens is 460 g/mol. The van der Waals surface area contributed by atoms with Gasteiger partial charge in [-0.05, 0) is 79.7 Å². The van der Waals surface area contributed by atoms with E-state index in [1.54, 1.807) is 7.11 Å². The van der Waals surface area contributed by atoms with E-state index < -0.39 is 0 Å². The lowest BCUT2D eigenvalue weighted by Gasteiger charge is -2.39. The van der Waals surface area contributed by atoms with Crippen molar-refractivity contribution in [2.24, 2.45) is 4.99 Å². The molecule has 198 valence electrons. The topological polar surface area (TPSA) is 60.3 Å². The highest BCUT2D eigenvalue weighted by Gasteiger charge is 2.35. The lowest BCUT2D eigenvalue weighted by molar-refractivity contribution is 0.272. The molecule has 2 aromatic rings. The van der Waals surface area contributed by atoms with Gasteiger partial charge in [0.2, 0.25) is 5.88 Å². The highest BCUT2D eigenvalue weighted by atomic mass is 16.5. The van der Waals surface area contributed by atoms with Crippen LogP contribution in [0.15, 0.2) is 64.5 Å². The molecule has 3 aliphatic rings. The summed E-state index contributed by atoms with van der Waals surface area (Å²) < 4.78 is 5.67. The Labute approximate surface area is 221 Å². The van der Waals surface area contributed by atoms with Crippen molar-refractivity contribution < 1.29 is 9.84 Å². The molecule has 3 aliphatic heterocycles. The lowest BCUT2D eigenvalue weighted by atomic mass is 9.95.